The fraction of sp³-hybridized carbons (Fsp3) is 0.600. The SMILES string of the molecule is CC(=CC(=O)OCC(C)(C)CO)C(=O)O. The van der Waals surface area contributed by atoms with Crippen molar-refractivity contribution in [2.24, 2.45) is 5.41 Å². The Kier molecular flexibility index (Phi) is 5.00. The van der Waals surface area contributed by atoms with Gasteiger partial charge < -0.3 is 14.9 Å². The molecule has 0 fully saturated rings. The van der Waals surface area contributed by atoms with Crippen LogP contribution in [0.1, 0.15) is 20.8 Å². The van der Waals surface area contributed by atoms with Crippen LogP contribution in [0.4, 0.5) is 0 Å². The number of carboxylic acid groups (broad SMARTS) is 1. The number of aliphatic hydroxyl groups excluding tert-OH is 1. The Balaban J connectivity index is 4.18. The molecule has 0 spiro atoms. The van der Waals surface area contributed by atoms with Gasteiger partial charge in [-0.1, -0.05) is 13.8 Å². The second kappa shape index (κ2) is 5.50. The summed E-state index contributed by atoms with van der Waals surface area (Å²) in [6, 6.07) is 0. The van der Waals surface area contributed by atoms with Crippen molar-refractivity contribution in [1.29, 1.82) is 0 Å². The average Bonchev–Trinajstić information content (AvgIpc) is 2.15. The van der Waals surface area contributed by atoms with Gasteiger partial charge in [0.05, 0.1) is 13.2 Å². The van der Waals surface area contributed by atoms with Crippen LogP contribution in [0.3, 0.4) is 0 Å². The number of hydrogen-bond donors (Lipinski definition) is 2. The minimum Gasteiger partial charge on any atom is -0.478 e. The number of aliphatic carboxylic acids is 1. The summed E-state index contributed by atoms with van der Waals surface area (Å²) < 4.78 is 4.78. The lowest BCUT2D eigenvalue weighted by molar-refractivity contribution is -0.142. The molecule has 0 saturated heterocycles. The topological polar surface area (TPSA) is 83.8 Å². The van der Waals surface area contributed by atoms with Crippen LogP contribution in [0.25, 0.3) is 0 Å². The number of carbonyl (C=O) groups excluding carboxylic acids is 1. The highest BCUT2D eigenvalue weighted by atomic mass is 16.5. The van der Waals surface area contributed by atoms with Gasteiger partial charge in [0.15, 0.2) is 0 Å². The molecule has 0 aromatic heterocycles. The third kappa shape index (κ3) is 5.85. The van der Waals surface area contributed by atoms with Gasteiger partial charge in [-0.2, -0.15) is 0 Å². The van der Waals surface area contributed by atoms with Gasteiger partial charge in [0.25, 0.3) is 0 Å². The first kappa shape index (κ1) is 13.6. The lowest BCUT2D eigenvalue weighted by Gasteiger charge is -2.20. The van der Waals surface area contributed by atoms with Gasteiger partial charge in [-0.05, 0) is 6.92 Å². The monoisotopic (exact) mass is 216 g/mol. The first-order chi connectivity index (χ1) is 6.78. The Labute approximate surface area is 88.4 Å². The molecule has 86 valence electrons. The minimum atomic E-state index is -1.16. The molecular formula is C10H16O5. The molecule has 0 aliphatic carbocycles. The third-order valence-electron chi connectivity index (χ3n) is 1.70. The van der Waals surface area contributed by atoms with Crippen molar-refractivity contribution in [2.75, 3.05) is 13.2 Å². The predicted octanol–water partition coefficient (Wildman–Crippen LogP) is 0.579. The summed E-state index contributed by atoms with van der Waals surface area (Å²) in [7, 11) is 0. The highest BCUT2D eigenvalue weighted by Gasteiger charge is 2.18. The van der Waals surface area contributed by atoms with Crippen LogP contribution in [0.2, 0.25) is 0 Å². The summed E-state index contributed by atoms with van der Waals surface area (Å²) >= 11 is 0. The molecule has 5 nitrogen and oxygen atoms in total. The summed E-state index contributed by atoms with van der Waals surface area (Å²) in [4.78, 5) is 21.5. The second-order valence-electron chi connectivity index (χ2n) is 4.06. The van der Waals surface area contributed by atoms with Gasteiger partial charge in [0.1, 0.15) is 0 Å². The highest BCUT2D eigenvalue weighted by Crippen LogP contribution is 2.13. The number of rotatable bonds is 5. The molecule has 0 amide bonds. The molecule has 0 heterocycles. The maximum atomic E-state index is 11.1. The molecule has 0 rings (SSSR count). The van der Waals surface area contributed by atoms with Crippen LogP contribution < -0.4 is 0 Å². The van der Waals surface area contributed by atoms with Gasteiger partial charge in [-0.15, -0.1) is 0 Å². The number of hydrogen-bond acceptors (Lipinski definition) is 4. The number of carboxylic acids is 1. The molecule has 0 aromatic rings. The number of ether oxygens (including phenoxy) is 1. The van der Waals surface area contributed by atoms with Gasteiger partial charge in [-0.3, -0.25) is 0 Å². The van der Waals surface area contributed by atoms with Crippen LogP contribution in [-0.4, -0.2) is 35.4 Å². The number of aliphatic hydroxyl groups is 1. The van der Waals surface area contributed by atoms with Crippen LogP contribution in [-0.2, 0) is 14.3 Å². The van der Waals surface area contributed by atoms with E-state index >= 15 is 0 Å². The molecule has 5 heteroatoms. The third-order valence-corrected chi connectivity index (χ3v) is 1.70. The Morgan fingerprint density at radius 2 is 1.93 bits per heavy atom. The molecule has 0 unspecified atom stereocenters. The van der Waals surface area contributed by atoms with Crippen LogP contribution in [0, 0.1) is 5.41 Å². The predicted molar refractivity (Wildman–Crippen MR) is 53.2 cm³/mol. The van der Waals surface area contributed by atoms with Gasteiger partial charge >= 0.3 is 11.9 Å². The molecular weight excluding hydrogens is 200 g/mol. The minimum absolute atomic E-state index is 0.0474. The molecule has 0 aliphatic heterocycles. The smallest absolute Gasteiger partial charge is 0.331 e. The van der Waals surface area contributed by atoms with Gasteiger partial charge in [0.2, 0.25) is 0 Å². The zero-order chi connectivity index (χ0) is 12.1. The van der Waals surface area contributed by atoms with Crippen molar-refractivity contribution in [3.63, 3.8) is 0 Å². The van der Waals surface area contributed by atoms with Gasteiger partial charge in [-0.25, -0.2) is 9.59 Å². The molecule has 0 atom stereocenters. The Bertz CT molecular complexity index is 278. The van der Waals surface area contributed by atoms with Gasteiger partial charge in [0, 0.05) is 17.1 Å². The fourth-order valence-electron chi connectivity index (χ4n) is 0.592. The average molecular weight is 216 g/mol. The van der Waals surface area contributed by atoms with Crippen molar-refractivity contribution in [3.05, 3.63) is 11.6 Å². The summed E-state index contributed by atoms with van der Waals surface area (Å²) in [6.07, 6.45) is 0.912. The van der Waals surface area contributed by atoms with Crippen LogP contribution in [0.15, 0.2) is 11.6 Å². The number of esters is 1. The molecule has 2 N–H and O–H groups in total. The molecule has 0 saturated carbocycles. The standard InChI is InChI=1S/C10H16O5/c1-7(9(13)14)4-8(12)15-6-10(2,3)5-11/h4,11H,5-6H2,1-3H3,(H,13,14). The van der Waals surface area contributed by atoms with Crippen molar-refractivity contribution >= 4 is 11.9 Å². The lowest BCUT2D eigenvalue weighted by atomic mass is 9.97. The van der Waals surface area contributed by atoms with E-state index in [1.807, 2.05) is 0 Å². The van der Waals surface area contributed by atoms with E-state index in [0.717, 1.165) is 6.08 Å². The van der Waals surface area contributed by atoms with E-state index in [1.165, 1.54) is 6.92 Å². The molecule has 0 bridgehead atoms. The zero-order valence-corrected chi connectivity index (χ0v) is 9.11. The number of carbonyl (C=O) groups is 2. The van der Waals surface area contributed by atoms with Crippen molar-refractivity contribution in [2.45, 2.75) is 20.8 Å². The first-order valence-corrected chi connectivity index (χ1v) is 4.48. The van der Waals surface area contributed by atoms with Crippen LogP contribution in [0.5, 0.6) is 0 Å². The maximum Gasteiger partial charge on any atom is 0.331 e. The zero-order valence-electron chi connectivity index (χ0n) is 9.11. The molecule has 0 aliphatic rings. The Morgan fingerprint density at radius 1 is 1.40 bits per heavy atom. The first-order valence-electron chi connectivity index (χ1n) is 4.48. The second-order valence-corrected chi connectivity index (χ2v) is 4.06. The quantitative estimate of drug-likeness (QED) is 0.518. The van der Waals surface area contributed by atoms with E-state index < -0.39 is 17.4 Å². The Hall–Kier alpha value is -1.36. The van der Waals surface area contributed by atoms with E-state index in [2.05, 4.69) is 0 Å². The largest absolute Gasteiger partial charge is 0.478 e. The van der Waals surface area contributed by atoms with Crippen molar-refractivity contribution in [1.82, 2.24) is 0 Å². The summed E-state index contributed by atoms with van der Waals surface area (Å²) in [5.74, 6) is -1.87. The summed E-state index contributed by atoms with van der Waals surface area (Å²) in [5, 5.41) is 17.4. The van der Waals surface area contributed by atoms with E-state index in [0.29, 0.717) is 0 Å². The fourth-order valence-corrected chi connectivity index (χ4v) is 0.592. The molecule has 0 radical (unpaired) electrons. The van der Waals surface area contributed by atoms with E-state index in [-0.39, 0.29) is 18.8 Å². The highest BCUT2D eigenvalue weighted by molar-refractivity contribution is 5.94. The van der Waals surface area contributed by atoms with E-state index in [9.17, 15) is 9.59 Å². The lowest BCUT2D eigenvalue weighted by Crippen LogP contribution is -2.25. The van der Waals surface area contributed by atoms with E-state index in [4.69, 9.17) is 14.9 Å². The van der Waals surface area contributed by atoms with Crippen molar-refractivity contribution < 1.29 is 24.5 Å². The summed E-state index contributed by atoms with van der Waals surface area (Å²) in [6.45, 7) is 4.70. The molecule has 15 heavy (non-hydrogen) atoms. The van der Waals surface area contributed by atoms with Crippen molar-refractivity contribution in [3.8, 4) is 0 Å². The summed E-state index contributed by atoms with van der Waals surface area (Å²) in [5.41, 5.74) is -0.595. The van der Waals surface area contributed by atoms with E-state index in [1.54, 1.807) is 13.8 Å². The van der Waals surface area contributed by atoms with Crippen LogP contribution >= 0.6 is 0 Å². The normalized spacial score (nSPS) is 12.4. The Morgan fingerprint density at radius 3 is 2.33 bits per heavy atom. The molecule has 0 aromatic carbocycles. The maximum absolute atomic E-state index is 11.1.